The molecule has 1 saturated heterocycles. The molecule has 2 N–H and O–H groups in total. The number of nitrogens with two attached hydrogens (primary N) is 1. The first-order chi connectivity index (χ1) is 8.67. The molecule has 1 heterocycles. The molecule has 1 fully saturated rings. The first kappa shape index (κ1) is 13.2. The zero-order valence-electron chi connectivity index (χ0n) is 10.6. The van der Waals surface area contributed by atoms with Crippen molar-refractivity contribution in [1.82, 2.24) is 0 Å². The van der Waals surface area contributed by atoms with Gasteiger partial charge >= 0.3 is 0 Å². The summed E-state index contributed by atoms with van der Waals surface area (Å²) in [5.41, 5.74) is 7.63. The predicted octanol–water partition coefficient (Wildman–Crippen LogP) is 2.78. The Hall–Kier alpha value is -1.24. The Bertz CT molecular complexity index is 467. The van der Waals surface area contributed by atoms with Crippen LogP contribution < -0.4 is 10.6 Å². The molecule has 0 bridgehead atoms. The van der Waals surface area contributed by atoms with E-state index in [1.54, 1.807) is 6.07 Å². The van der Waals surface area contributed by atoms with Gasteiger partial charge in [0.1, 0.15) is 6.07 Å². The van der Waals surface area contributed by atoms with Crippen LogP contribution in [0.15, 0.2) is 18.2 Å². The minimum Gasteiger partial charge on any atom is -0.370 e. The number of hydrogen-bond donors (Lipinski definition) is 1. The lowest BCUT2D eigenvalue weighted by Gasteiger charge is -2.38. The summed E-state index contributed by atoms with van der Waals surface area (Å²) in [6, 6.07) is 8.10. The van der Waals surface area contributed by atoms with Gasteiger partial charge in [0.05, 0.1) is 16.3 Å². The molecular formula is C14H18ClN3. The Morgan fingerprint density at radius 1 is 1.56 bits per heavy atom. The largest absolute Gasteiger partial charge is 0.370 e. The standard InChI is InChI=1S/C14H18ClN3/c1-2-10-9-18(7-6-13(10)17)14-5-3-4-12(15)11(14)8-16/h3-5,10,13H,2,6-7,9,17H2,1H3. The third-order valence-corrected chi connectivity index (χ3v) is 4.08. The van der Waals surface area contributed by atoms with Crippen LogP contribution in [-0.4, -0.2) is 19.1 Å². The average molecular weight is 264 g/mol. The number of hydrogen-bond acceptors (Lipinski definition) is 3. The van der Waals surface area contributed by atoms with Gasteiger partial charge in [0.25, 0.3) is 0 Å². The van der Waals surface area contributed by atoms with Crippen molar-refractivity contribution >= 4 is 17.3 Å². The molecule has 2 atom stereocenters. The molecule has 0 aromatic heterocycles. The zero-order valence-corrected chi connectivity index (χ0v) is 11.3. The summed E-state index contributed by atoms with van der Waals surface area (Å²) < 4.78 is 0. The van der Waals surface area contributed by atoms with Gasteiger partial charge in [-0.2, -0.15) is 5.26 Å². The van der Waals surface area contributed by atoms with Gasteiger partial charge in [0, 0.05) is 19.1 Å². The predicted molar refractivity (Wildman–Crippen MR) is 74.8 cm³/mol. The summed E-state index contributed by atoms with van der Waals surface area (Å²) in [7, 11) is 0. The van der Waals surface area contributed by atoms with Crippen molar-refractivity contribution in [2.24, 2.45) is 11.7 Å². The smallest absolute Gasteiger partial charge is 0.103 e. The lowest BCUT2D eigenvalue weighted by atomic mass is 9.90. The first-order valence-electron chi connectivity index (χ1n) is 6.36. The number of rotatable bonds is 2. The van der Waals surface area contributed by atoms with Crippen LogP contribution in [0.5, 0.6) is 0 Å². The lowest BCUT2D eigenvalue weighted by Crippen LogP contribution is -2.47. The summed E-state index contributed by atoms with van der Waals surface area (Å²) in [4.78, 5) is 2.24. The highest BCUT2D eigenvalue weighted by molar-refractivity contribution is 6.32. The minimum atomic E-state index is 0.274. The van der Waals surface area contributed by atoms with E-state index in [0.717, 1.165) is 31.6 Å². The van der Waals surface area contributed by atoms with Crippen molar-refractivity contribution in [1.29, 1.82) is 5.26 Å². The van der Waals surface area contributed by atoms with Crippen LogP contribution in [0.2, 0.25) is 5.02 Å². The number of halogens is 1. The van der Waals surface area contributed by atoms with E-state index in [-0.39, 0.29) is 6.04 Å². The SMILES string of the molecule is CCC1CN(c2cccc(Cl)c2C#N)CCC1N. The molecule has 0 spiro atoms. The van der Waals surface area contributed by atoms with Gasteiger partial charge in [0.2, 0.25) is 0 Å². The van der Waals surface area contributed by atoms with E-state index in [1.165, 1.54) is 0 Å². The lowest BCUT2D eigenvalue weighted by molar-refractivity contribution is 0.348. The number of nitrogens with zero attached hydrogens (tertiary/aromatic N) is 2. The molecule has 3 nitrogen and oxygen atoms in total. The van der Waals surface area contributed by atoms with Gasteiger partial charge in [-0.15, -0.1) is 0 Å². The van der Waals surface area contributed by atoms with Crippen molar-refractivity contribution < 1.29 is 0 Å². The Kier molecular flexibility index (Phi) is 4.11. The highest BCUT2D eigenvalue weighted by Crippen LogP contribution is 2.30. The van der Waals surface area contributed by atoms with Gasteiger partial charge in [-0.1, -0.05) is 31.0 Å². The molecule has 2 rings (SSSR count). The third kappa shape index (κ3) is 2.45. The van der Waals surface area contributed by atoms with Gasteiger partial charge in [0.15, 0.2) is 0 Å². The summed E-state index contributed by atoms with van der Waals surface area (Å²) in [6.07, 6.45) is 2.04. The van der Waals surface area contributed by atoms with E-state index < -0.39 is 0 Å². The second kappa shape index (κ2) is 5.60. The molecule has 18 heavy (non-hydrogen) atoms. The Balaban J connectivity index is 2.28. The summed E-state index contributed by atoms with van der Waals surface area (Å²) >= 11 is 6.07. The quantitative estimate of drug-likeness (QED) is 0.893. The monoisotopic (exact) mass is 263 g/mol. The fourth-order valence-corrected chi connectivity index (χ4v) is 2.80. The van der Waals surface area contributed by atoms with Crippen LogP contribution in [0.4, 0.5) is 5.69 Å². The fourth-order valence-electron chi connectivity index (χ4n) is 2.59. The van der Waals surface area contributed by atoms with Gasteiger partial charge in [-0.05, 0) is 24.5 Å². The summed E-state index contributed by atoms with van der Waals surface area (Å²) in [5.74, 6) is 0.490. The Labute approximate surface area is 113 Å². The van der Waals surface area contributed by atoms with Crippen molar-refractivity contribution in [2.45, 2.75) is 25.8 Å². The molecule has 0 aliphatic carbocycles. The first-order valence-corrected chi connectivity index (χ1v) is 6.74. The second-order valence-corrected chi connectivity index (χ2v) is 5.22. The number of piperidine rings is 1. The molecule has 1 aliphatic heterocycles. The fraction of sp³-hybridized carbons (Fsp3) is 0.500. The molecule has 96 valence electrons. The molecular weight excluding hydrogens is 246 g/mol. The molecule has 1 aromatic rings. The number of benzene rings is 1. The minimum absolute atomic E-state index is 0.274. The molecule has 0 saturated carbocycles. The van der Waals surface area contributed by atoms with E-state index >= 15 is 0 Å². The Morgan fingerprint density at radius 3 is 3.00 bits per heavy atom. The zero-order chi connectivity index (χ0) is 13.1. The van der Waals surface area contributed by atoms with E-state index in [0.29, 0.717) is 16.5 Å². The molecule has 0 radical (unpaired) electrons. The van der Waals surface area contributed by atoms with E-state index in [4.69, 9.17) is 17.3 Å². The highest BCUT2D eigenvalue weighted by atomic mass is 35.5. The maximum atomic E-state index is 9.22. The third-order valence-electron chi connectivity index (χ3n) is 3.76. The normalized spacial score (nSPS) is 23.8. The van der Waals surface area contributed by atoms with Crippen LogP contribution in [0, 0.1) is 17.2 Å². The van der Waals surface area contributed by atoms with Crippen LogP contribution in [0.1, 0.15) is 25.3 Å². The number of anilines is 1. The van der Waals surface area contributed by atoms with E-state index in [2.05, 4.69) is 17.9 Å². The van der Waals surface area contributed by atoms with Crippen LogP contribution in [-0.2, 0) is 0 Å². The molecule has 2 unspecified atom stereocenters. The van der Waals surface area contributed by atoms with Crippen LogP contribution in [0.3, 0.4) is 0 Å². The molecule has 0 amide bonds. The molecule has 1 aromatic carbocycles. The maximum Gasteiger partial charge on any atom is 0.103 e. The van der Waals surface area contributed by atoms with Crippen molar-refractivity contribution in [3.8, 4) is 6.07 Å². The van der Waals surface area contributed by atoms with Crippen molar-refractivity contribution in [2.75, 3.05) is 18.0 Å². The van der Waals surface area contributed by atoms with Gasteiger partial charge < -0.3 is 10.6 Å². The van der Waals surface area contributed by atoms with Crippen LogP contribution >= 0.6 is 11.6 Å². The molecule has 4 heteroatoms. The molecule has 1 aliphatic rings. The highest BCUT2D eigenvalue weighted by Gasteiger charge is 2.26. The van der Waals surface area contributed by atoms with Gasteiger partial charge in [-0.25, -0.2) is 0 Å². The van der Waals surface area contributed by atoms with Crippen molar-refractivity contribution in [3.05, 3.63) is 28.8 Å². The average Bonchev–Trinajstić information content (AvgIpc) is 2.39. The topological polar surface area (TPSA) is 53.0 Å². The van der Waals surface area contributed by atoms with Crippen LogP contribution in [0.25, 0.3) is 0 Å². The Morgan fingerprint density at radius 2 is 2.33 bits per heavy atom. The summed E-state index contributed by atoms with van der Waals surface area (Å²) in [6.45, 7) is 3.97. The maximum absolute atomic E-state index is 9.22. The van der Waals surface area contributed by atoms with E-state index in [9.17, 15) is 5.26 Å². The van der Waals surface area contributed by atoms with Gasteiger partial charge in [-0.3, -0.25) is 0 Å². The summed E-state index contributed by atoms with van der Waals surface area (Å²) in [5, 5.41) is 9.75. The van der Waals surface area contributed by atoms with E-state index in [1.807, 2.05) is 12.1 Å². The van der Waals surface area contributed by atoms with Crippen molar-refractivity contribution in [3.63, 3.8) is 0 Å². The number of nitriles is 1. The second-order valence-electron chi connectivity index (χ2n) is 4.81.